The van der Waals surface area contributed by atoms with Gasteiger partial charge in [-0.15, -0.1) is 0 Å². The third kappa shape index (κ3) is 2.75. The van der Waals surface area contributed by atoms with Crippen molar-refractivity contribution >= 4 is 17.4 Å². The van der Waals surface area contributed by atoms with E-state index in [-0.39, 0.29) is 0 Å². The van der Waals surface area contributed by atoms with Crippen molar-refractivity contribution in [1.82, 2.24) is 14.9 Å². The van der Waals surface area contributed by atoms with Gasteiger partial charge in [-0.25, -0.2) is 9.97 Å². The summed E-state index contributed by atoms with van der Waals surface area (Å²) in [7, 11) is 0. The monoisotopic (exact) mass is 268 g/mol. The molecule has 0 saturated carbocycles. The maximum absolute atomic E-state index is 5.89. The highest BCUT2D eigenvalue weighted by molar-refractivity contribution is 6.28. The summed E-state index contributed by atoms with van der Waals surface area (Å²) in [4.78, 5) is 13.2. The van der Waals surface area contributed by atoms with E-state index < -0.39 is 0 Å². The van der Waals surface area contributed by atoms with Crippen LogP contribution in [0, 0.1) is 6.92 Å². The normalized spacial score (nSPS) is 19.8. The lowest BCUT2D eigenvalue weighted by atomic mass is 10.2. The second-order valence-electron chi connectivity index (χ2n) is 4.76. The summed E-state index contributed by atoms with van der Waals surface area (Å²) in [5.74, 6) is 0.990. The zero-order chi connectivity index (χ0) is 13.1. The van der Waals surface area contributed by atoms with Crippen molar-refractivity contribution in [3.05, 3.63) is 17.0 Å². The highest BCUT2D eigenvalue weighted by Crippen LogP contribution is 2.24. The number of aryl methyl sites for hydroxylation is 1. The standard InChI is InChI=1S/C13H21ClN4/c1-4-17(5-2)11-6-7-18(9-11)12-10(3)8-15-13(14)16-12/h8,11H,4-7,9H2,1-3H3. The molecule has 18 heavy (non-hydrogen) atoms. The summed E-state index contributed by atoms with van der Waals surface area (Å²) < 4.78 is 0. The van der Waals surface area contributed by atoms with Gasteiger partial charge in [-0.1, -0.05) is 13.8 Å². The molecular weight excluding hydrogens is 248 g/mol. The Hall–Kier alpha value is -0.870. The zero-order valence-electron chi connectivity index (χ0n) is 11.4. The van der Waals surface area contributed by atoms with Gasteiger partial charge in [-0.2, -0.15) is 0 Å². The maximum Gasteiger partial charge on any atom is 0.224 e. The lowest BCUT2D eigenvalue weighted by Gasteiger charge is -2.26. The third-order valence-electron chi connectivity index (χ3n) is 3.71. The van der Waals surface area contributed by atoms with Crippen LogP contribution in [0.4, 0.5) is 5.82 Å². The number of aromatic nitrogens is 2. The molecule has 1 aromatic rings. The minimum absolute atomic E-state index is 0.335. The Labute approximate surface area is 114 Å². The molecule has 0 amide bonds. The van der Waals surface area contributed by atoms with Crippen molar-refractivity contribution in [3.8, 4) is 0 Å². The first-order valence-corrected chi connectivity index (χ1v) is 7.01. The van der Waals surface area contributed by atoms with Gasteiger partial charge in [0.05, 0.1) is 0 Å². The molecule has 1 unspecified atom stereocenters. The molecule has 2 heterocycles. The van der Waals surface area contributed by atoms with Gasteiger partial charge in [0.1, 0.15) is 5.82 Å². The van der Waals surface area contributed by atoms with Gasteiger partial charge < -0.3 is 4.90 Å². The molecular formula is C13H21ClN4. The molecule has 0 aliphatic carbocycles. The first-order valence-electron chi connectivity index (χ1n) is 6.63. The molecule has 0 aromatic carbocycles. The highest BCUT2D eigenvalue weighted by atomic mass is 35.5. The van der Waals surface area contributed by atoms with Crippen molar-refractivity contribution in [2.24, 2.45) is 0 Å². The van der Waals surface area contributed by atoms with Crippen molar-refractivity contribution in [2.45, 2.75) is 33.2 Å². The summed E-state index contributed by atoms with van der Waals surface area (Å²) in [6.45, 7) is 10.8. The molecule has 100 valence electrons. The minimum atomic E-state index is 0.335. The van der Waals surface area contributed by atoms with E-state index in [2.05, 4.69) is 33.6 Å². The molecule has 1 saturated heterocycles. The Morgan fingerprint density at radius 1 is 1.44 bits per heavy atom. The Bertz CT molecular complexity index is 406. The highest BCUT2D eigenvalue weighted by Gasteiger charge is 2.27. The van der Waals surface area contributed by atoms with E-state index in [4.69, 9.17) is 11.6 Å². The van der Waals surface area contributed by atoms with Crippen LogP contribution in [0.5, 0.6) is 0 Å². The van der Waals surface area contributed by atoms with Gasteiger partial charge in [0.25, 0.3) is 0 Å². The number of rotatable bonds is 4. The summed E-state index contributed by atoms with van der Waals surface area (Å²) in [5.41, 5.74) is 1.10. The molecule has 1 aliphatic rings. The van der Waals surface area contributed by atoms with E-state index in [1.165, 1.54) is 6.42 Å². The molecule has 1 fully saturated rings. The number of likely N-dealkylation sites (N-methyl/N-ethyl adjacent to an activating group) is 1. The third-order valence-corrected chi connectivity index (χ3v) is 3.89. The van der Waals surface area contributed by atoms with E-state index in [0.29, 0.717) is 11.3 Å². The predicted molar refractivity (Wildman–Crippen MR) is 75.3 cm³/mol. The second kappa shape index (κ2) is 5.85. The van der Waals surface area contributed by atoms with Crippen molar-refractivity contribution in [3.63, 3.8) is 0 Å². The molecule has 5 heteroatoms. The topological polar surface area (TPSA) is 32.3 Å². The second-order valence-corrected chi connectivity index (χ2v) is 5.09. The Morgan fingerprint density at radius 2 is 2.17 bits per heavy atom. The summed E-state index contributed by atoms with van der Waals surface area (Å²) >= 11 is 5.89. The lowest BCUT2D eigenvalue weighted by Crippen LogP contribution is -2.37. The van der Waals surface area contributed by atoms with E-state index in [1.807, 2.05) is 6.92 Å². The number of halogens is 1. The lowest BCUT2D eigenvalue weighted by molar-refractivity contribution is 0.232. The van der Waals surface area contributed by atoms with E-state index in [0.717, 1.165) is 37.6 Å². The summed E-state index contributed by atoms with van der Waals surface area (Å²) in [6, 6.07) is 0.633. The van der Waals surface area contributed by atoms with Crippen LogP contribution in [0.1, 0.15) is 25.8 Å². The van der Waals surface area contributed by atoms with Crippen molar-refractivity contribution in [1.29, 1.82) is 0 Å². The van der Waals surface area contributed by atoms with Gasteiger partial charge in [0, 0.05) is 30.9 Å². The quantitative estimate of drug-likeness (QED) is 0.785. The molecule has 2 rings (SSSR count). The average molecular weight is 269 g/mol. The number of hydrogen-bond donors (Lipinski definition) is 0. The van der Waals surface area contributed by atoms with E-state index in [9.17, 15) is 0 Å². The largest absolute Gasteiger partial charge is 0.355 e. The predicted octanol–water partition coefficient (Wildman–Crippen LogP) is 2.36. The molecule has 0 bridgehead atoms. The first-order chi connectivity index (χ1) is 8.65. The van der Waals surface area contributed by atoms with Crippen LogP contribution in [0.25, 0.3) is 0 Å². The van der Waals surface area contributed by atoms with Crippen LogP contribution in [0.15, 0.2) is 6.20 Å². The number of nitrogens with zero attached hydrogens (tertiary/aromatic N) is 4. The van der Waals surface area contributed by atoms with Gasteiger partial charge in [0.15, 0.2) is 0 Å². The molecule has 0 spiro atoms. The van der Waals surface area contributed by atoms with Crippen LogP contribution in [-0.4, -0.2) is 47.1 Å². The summed E-state index contributed by atoms with van der Waals surface area (Å²) in [6.07, 6.45) is 3.00. The number of hydrogen-bond acceptors (Lipinski definition) is 4. The van der Waals surface area contributed by atoms with Gasteiger partial charge in [0.2, 0.25) is 5.28 Å². The molecule has 0 N–H and O–H groups in total. The van der Waals surface area contributed by atoms with Gasteiger partial charge in [-0.05, 0) is 38.0 Å². The Kier molecular flexibility index (Phi) is 4.40. The van der Waals surface area contributed by atoms with Gasteiger partial charge >= 0.3 is 0 Å². The molecule has 1 aliphatic heterocycles. The van der Waals surface area contributed by atoms with Crippen LogP contribution < -0.4 is 4.90 Å². The maximum atomic E-state index is 5.89. The van der Waals surface area contributed by atoms with Crippen LogP contribution >= 0.6 is 11.6 Å². The molecule has 0 radical (unpaired) electrons. The summed E-state index contributed by atoms with van der Waals surface area (Å²) in [5, 5.41) is 0.335. The van der Waals surface area contributed by atoms with Crippen LogP contribution in [0.3, 0.4) is 0 Å². The van der Waals surface area contributed by atoms with Gasteiger partial charge in [-0.3, -0.25) is 4.90 Å². The zero-order valence-corrected chi connectivity index (χ0v) is 12.1. The molecule has 1 aromatic heterocycles. The SMILES string of the molecule is CCN(CC)C1CCN(c2nc(Cl)ncc2C)C1. The Morgan fingerprint density at radius 3 is 2.83 bits per heavy atom. The van der Waals surface area contributed by atoms with Crippen molar-refractivity contribution < 1.29 is 0 Å². The fourth-order valence-corrected chi connectivity index (χ4v) is 2.83. The van der Waals surface area contributed by atoms with E-state index in [1.54, 1.807) is 6.20 Å². The first kappa shape index (κ1) is 13.6. The minimum Gasteiger partial charge on any atom is -0.355 e. The van der Waals surface area contributed by atoms with Crippen molar-refractivity contribution in [2.75, 3.05) is 31.1 Å². The van der Waals surface area contributed by atoms with E-state index >= 15 is 0 Å². The fraction of sp³-hybridized carbons (Fsp3) is 0.692. The number of anilines is 1. The van der Waals surface area contributed by atoms with Crippen LogP contribution in [0.2, 0.25) is 5.28 Å². The van der Waals surface area contributed by atoms with Crippen LogP contribution in [-0.2, 0) is 0 Å². The molecule has 1 atom stereocenters. The fourth-order valence-electron chi connectivity index (χ4n) is 2.70. The average Bonchev–Trinajstić information content (AvgIpc) is 2.83. The smallest absolute Gasteiger partial charge is 0.224 e. The Balaban J connectivity index is 2.10. The molecule has 4 nitrogen and oxygen atoms in total.